The van der Waals surface area contributed by atoms with Crippen molar-refractivity contribution in [3.8, 4) is 0 Å². The zero-order valence-electron chi connectivity index (χ0n) is 21.0. The van der Waals surface area contributed by atoms with Crippen molar-refractivity contribution in [3.05, 3.63) is 0 Å². The fourth-order valence-corrected chi connectivity index (χ4v) is 9.51. The van der Waals surface area contributed by atoms with E-state index in [2.05, 4.69) is 0 Å². The van der Waals surface area contributed by atoms with Crippen LogP contribution < -0.4 is 0 Å². The maximum atomic E-state index is 14.4. The van der Waals surface area contributed by atoms with E-state index in [-0.39, 0.29) is 23.7 Å². The summed E-state index contributed by atoms with van der Waals surface area (Å²) in [5.74, 6) is -14.8. The molecule has 0 unspecified atom stereocenters. The number of hydrogen-bond donors (Lipinski definition) is 0. The van der Waals surface area contributed by atoms with Crippen LogP contribution in [0.2, 0.25) is 0 Å². The van der Waals surface area contributed by atoms with E-state index >= 15 is 0 Å². The van der Waals surface area contributed by atoms with Crippen LogP contribution in [0.15, 0.2) is 0 Å². The molecule has 0 atom stereocenters. The molecular formula is C22H39F9O3S2. The fraction of sp³-hybridized carbons (Fsp3) is 1.00. The predicted molar refractivity (Wildman–Crippen MR) is 126 cm³/mol. The Morgan fingerprint density at radius 2 is 0.889 bits per heavy atom. The van der Waals surface area contributed by atoms with Gasteiger partial charge in [0.25, 0.3) is 0 Å². The lowest BCUT2D eigenvalue weighted by molar-refractivity contribution is -0.382. The monoisotopic (exact) mass is 586 g/mol. The van der Waals surface area contributed by atoms with Crippen molar-refractivity contribution in [1.29, 1.82) is 0 Å². The minimum Gasteiger partial charge on any atom is -0.215 e. The molecule has 0 heterocycles. The van der Waals surface area contributed by atoms with E-state index in [9.17, 15) is 47.9 Å². The molecule has 0 aliphatic rings. The van der Waals surface area contributed by atoms with Crippen LogP contribution in [0.5, 0.6) is 0 Å². The maximum absolute atomic E-state index is 14.4. The lowest BCUT2D eigenvalue weighted by Crippen LogP contribution is -2.63. The second kappa shape index (κ2) is 14.7. The van der Waals surface area contributed by atoms with Gasteiger partial charge in [0.05, 0.1) is 0 Å². The Morgan fingerprint density at radius 1 is 0.528 bits per heavy atom. The van der Waals surface area contributed by atoms with Gasteiger partial charge in [-0.1, -0.05) is 78.6 Å². The Labute approximate surface area is 210 Å². The molecule has 0 rings (SSSR count). The highest BCUT2D eigenvalue weighted by Gasteiger charge is 2.86. The first-order valence-corrected chi connectivity index (χ1v) is 15.8. The third kappa shape index (κ3) is 9.13. The third-order valence-electron chi connectivity index (χ3n) is 5.77. The highest BCUT2D eigenvalue weighted by molar-refractivity contribution is 8.33. The van der Waals surface area contributed by atoms with Gasteiger partial charge in [0.2, 0.25) is 0 Å². The van der Waals surface area contributed by atoms with Gasteiger partial charge in [0.1, 0.15) is 0 Å². The molecule has 0 spiro atoms. The van der Waals surface area contributed by atoms with E-state index < -0.39 is 43.7 Å². The summed E-state index contributed by atoms with van der Waals surface area (Å²) in [7, 11) is -9.91. The quantitative estimate of drug-likeness (QED) is 0.106. The smallest absolute Gasteiger partial charge is 0.215 e. The first-order chi connectivity index (χ1) is 16.4. The van der Waals surface area contributed by atoms with Crippen LogP contribution in [0.1, 0.15) is 97.8 Å². The topological polar surface area (TPSA) is 43.4 Å². The van der Waals surface area contributed by atoms with Gasteiger partial charge >= 0.3 is 33.4 Å². The molecule has 0 radical (unpaired) electrons. The zero-order chi connectivity index (χ0) is 28.3. The summed E-state index contributed by atoms with van der Waals surface area (Å²) in [5, 5.41) is -6.81. The molecular weight excluding hydrogens is 547 g/mol. The van der Waals surface area contributed by atoms with Crippen molar-refractivity contribution in [2.24, 2.45) is 0 Å². The normalized spacial score (nSPS) is 14.9. The maximum Gasteiger partial charge on any atom is 0.460 e. The van der Waals surface area contributed by atoms with Gasteiger partial charge in [-0.25, -0.2) is 3.63 Å². The van der Waals surface area contributed by atoms with Gasteiger partial charge < -0.3 is 0 Å². The molecule has 0 amide bonds. The van der Waals surface area contributed by atoms with Crippen LogP contribution in [0.4, 0.5) is 39.5 Å². The lowest BCUT2D eigenvalue weighted by atomic mass is 10.1. The zero-order valence-corrected chi connectivity index (χ0v) is 22.7. The van der Waals surface area contributed by atoms with Crippen molar-refractivity contribution in [3.63, 3.8) is 0 Å². The number of rotatable bonds is 20. The SMILES string of the molecule is CCCCCCCS(CCCC)(CCCCCCC)OS(=O)(=O)C(F)(F)C(F)(F)C(F)(F)C(F)(F)F. The van der Waals surface area contributed by atoms with E-state index in [1.165, 1.54) is 0 Å². The summed E-state index contributed by atoms with van der Waals surface area (Å²) < 4.78 is 150. The van der Waals surface area contributed by atoms with Crippen LogP contribution in [-0.2, 0) is 13.7 Å². The molecule has 220 valence electrons. The number of hydrogen-bond acceptors (Lipinski definition) is 3. The van der Waals surface area contributed by atoms with Crippen LogP contribution >= 0.6 is 10.3 Å². The van der Waals surface area contributed by atoms with Gasteiger partial charge in [0, 0.05) is 17.3 Å². The summed E-state index contributed by atoms with van der Waals surface area (Å²) in [5.41, 5.74) is 0. The summed E-state index contributed by atoms with van der Waals surface area (Å²) in [4.78, 5) is 0. The minimum absolute atomic E-state index is 0.0545. The number of unbranched alkanes of at least 4 members (excludes halogenated alkanes) is 9. The Hall–Kier alpha value is -0.370. The second-order valence-electron chi connectivity index (χ2n) is 8.95. The van der Waals surface area contributed by atoms with Crippen molar-refractivity contribution >= 4 is 20.4 Å². The molecule has 36 heavy (non-hydrogen) atoms. The van der Waals surface area contributed by atoms with Crippen molar-refractivity contribution < 1.29 is 51.6 Å². The van der Waals surface area contributed by atoms with E-state index in [0.717, 1.165) is 38.5 Å². The van der Waals surface area contributed by atoms with Crippen molar-refractivity contribution in [1.82, 2.24) is 0 Å². The standard InChI is InChI=1S/C22H39F9O3S2/c1-4-7-10-12-14-17-35(16-9-6-3,18-15-13-11-8-5-2)34-36(32,33)22(30,31)20(25,26)19(23,24)21(27,28)29/h4-18H2,1-3H3. The Kier molecular flexibility index (Phi) is 14.5. The highest BCUT2D eigenvalue weighted by Crippen LogP contribution is 2.59. The highest BCUT2D eigenvalue weighted by atomic mass is 32.3. The Bertz CT molecular complexity index is 713. The molecule has 0 saturated carbocycles. The van der Waals surface area contributed by atoms with Crippen LogP contribution in [0.3, 0.4) is 0 Å². The van der Waals surface area contributed by atoms with Gasteiger partial charge in [-0.2, -0.15) is 47.9 Å². The van der Waals surface area contributed by atoms with Crippen LogP contribution in [-0.4, -0.2) is 49.0 Å². The Balaban J connectivity index is 6.20. The summed E-state index contributed by atoms with van der Waals surface area (Å²) in [6.07, 6.45) is 0.403. The average molecular weight is 587 g/mol. The van der Waals surface area contributed by atoms with E-state index in [1.807, 2.05) is 13.8 Å². The third-order valence-corrected chi connectivity index (χ3v) is 11.6. The molecule has 0 aliphatic carbocycles. The van der Waals surface area contributed by atoms with Gasteiger partial charge in [0.15, 0.2) is 0 Å². The molecule has 0 bridgehead atoms. The van der Waals surface area contributed by atoms with Gasteiger partial charge in [-0.15, -0.1) is 10.3 Å². The van der Waals surface area contributed by atoms with Crippen molar-refractivity contribution in [2.45, 2.75) is 121 Å². The minimum atomic E-state index is -7.30. The largest absolute Gasteiger partial charge is 0.460 e. The number of halogens is 9. The van der Waals surface area contributed by atoms with Gasteiger partial charge in [-0.3, -0.25) is 0 Å². The van der Waals surface area contributed by atoms with E-state index in [0.29, 0.717) is 32.1 Å². The second-order valence-corrected chi connectivity index (χ2v) is 14.1. The summed E-state index contributed by atoms with van der Waals surface area (Å²) in [6.45, 7) is 5.61. The average Bonchev–Trinajstić information content (AvgIpc) is 2.76. The summed E-state index contributed by atoms with van der Waals surface area (Å²) >= 11 is 0. The van der Waals surface area contributed by atoms with E-state index in [4.69, 9.17) is 3.63 Å². The predicted octanol–water partition coefficient (Wildman–Crippen LogP) is 9.22. The molecule has 0 aromatic rings. The van der Waals surface area contributed by atoms with Crippen LogP contribution in [0, 0.1) is 0 Å². The Morgan fingerprint density at radius 3 is 1.25 bits per heavy atom. The van der Waals surface area contributed by atoms with Gasteiger partial charge in [-0.05, 0) is 19.3 Å². The molecule has 14 heteroatoms. The lowest BCUT2D eigenvalue weighted by Gasteiger charge is -2.41. The molecule has 3 nitrogen and oxygen atoms in total. The van der Waals surface area contributed by atoms with E-state index in [1.54, 1.807) is 6.92 Å². The molecule has 0 aliphatic heterocycles. The fourth-order valence-electron chi connectivity index (χ4n) is 3.50. The number of alkyl halides is 9. The molecule has 0 fully saturated rings. The van der Waals surface area contributed by atoms with Crippen molar-refractivity contribution in [2.75, 3.05) is 17.3 Å². The first kappa shape index (κ1) is 35.6. The summed E-state index contributed by atoms with van der Waals surface area (Å²) in [6, 6.07) is 0. The van der Waals surface area contributed by atoms with Crippen LogP contribution in [0.25, 0.3) is 0 Å². The molecule has 0 N–H and O–H groups in total. The molecule has 0 aromatic heterocycles. The first-order valence-electron chi connectivity index (χ1n) is 12.3. The molecule has 0 saturated heterocycles. The molecule has 0 aromatic carbocycles.